The predicted molar refractivity (Wildman–Crippen MR) is 86.1 cm³/mol. The van der Waals surface area contributed by atoms with Crippen LogP contribution in [0.25, 0.3) is 0 Å². The Kier molecular flexibility index (Phi) is 4.37. The highest BCUT2D eigenvalue weighted by atomic mass is 35.5. The summed E-state index contributed by atoms with van der Waals surface area (Å²) in [7, 11) is 0. The number of hydrogen-bond acceptors (Lipinski definition) is 3. The molecule has 1 amide bonds. The van der Waals surface area contributed by atoms with Crippen LogP contribution in [0.3, 0.4) is 0 Å². The number of nitrogens with zero attached hydrogens (tertiary/aromatic N) is 2. The third kappa shape index (κ3) is 2.84. The maximum absolute atomic E-state index is 13.4. The Bertz CT molecular complexity index is 746. The Labute approximate surface area is 139 Å². The lowest BCUT2D eigenvalue weighted by molar-refractivity contribution is 0.0727. The molecular formula is C16H18ClFN4O. The quantitative estimate of drug-likeness (QED) is 0.835. The van der Waals surface area contributed by atoms with Crippen molar-refractivity contribution in [2.75, 3.05) is 13.1 Å². The lowest BCUT2D eigenvalue weighted by Gasteiger charge is -2.28. The largest absolute Gasteiger partial charge is 0.333 e. The summed E-state index contributed by atoms with van der Waals surface area (Å²) in [6, 6.07) is 4.81. The van der Waals surface area contributed by atoms with E-state index in [-0.39, 0.29) is 24.1 Å². The molecular weight excluding hydrogens is 319 g/mol. The summed E-state index contributed by atoms with van der Waals surface area (Å²) >= 11 is 0. The van der Waals surface area contributed by atoms with Gasteiger partial charge >= 0.3 is 0 Å². The second kappa shape index (κ2) is 6.29. The molecule has 0 saturated carbocycles. The fourth-order valence-corrected chi connectivity index (χ4v) is 3.25. The van der Waals surface area contributed by atoms with E-state index in [9.17, 15) is 9.18 Å². The van der Waals surface area contributed by atoms with Gasteiger partial charge in [0, 0.05) is 43.9 Å². The average Bonchev–Trinajstić information content (AvgIpc) is 2.97. The van der Waals surface area contributed by atoms with Gasteiger partial charge in [0.1, 0.15) is 5.82 Å². The molecule has 0 radical (unpaired) electrons. The molecule has 0 spiro atoms. The molecule has 7 heteroatoms. The highest BCUT2D eigenvalue weighted by Crippen LogP contribution is 2.23. The molecule has 122 valence electrons. The third-order valence-electron chi connectivity index (χ3n) is 4.48. The van der Waals surface area contributed by atoms with Crippen molar-refractivity contribution in [3.8, 4) is 0 Å². The number of nitrogens with one attached hydrogen (secondary N) is 2. The Morgan fingerprint density at radius 1 is 1.26 bits per heavy atom. The minimum atomic E-state index is -0.255. The van der Waals surface area contributed by atoms with E-state index in [1.165, 1.54) is 12.1 Å². The summed E-state index contributed by atoms with van der Waals surface area (Å²) in [5, 5.41) is 10.5. The number of benzene rings is 1. The smallest absolute Gasteiger partial charge is 0.275 e. The van der Waals surface area contributed by atoms with Gasteiger partial charge in [0.2, 0.25) is 0 Å². The number of fused-ring (bicyclic) bond motifs is 2. The topological polar surface area (TPSA) is 61.0 Å². The number of carbonyl (C=O) groups excluding carboxylic acids is 1. The number of carbonyl (C=O) groups is 1. The number of aromatic nitrogens is 2. The first-order valence-corrected chi connectivity index (χ1v) is 7.56. The van der Waals surface area contributed by atoms with E-state index in [0.717, 1.165) is 41.8 Å². The van der Waals surface area contributed by atoms with Gasteiger partial charge in [-0.05, 0) is 29.7 Å². The molecule has 23 heavy (non-hydrogen) atoms. The fraction of sp³-hybridized carbons (Fsp3) is 0.375. The zero-order valence-electron chi connectivity index (χ0n) is 12.6. The SMILES string of the molecule is Cl.O=C(c1n[nH]c2c1CNCC2)N1CCc2ccc(F)cc2C1. The highest BCUT2D eigenvalue weighted by Gasteiger charge is 2.28. The molecule has 0 unspecified atom stereocenters. The van der Waals surface area contributed by atoms with Crippen LogP contribution in [0.5, 0.6) is 0 Å². The second-order valence-corrected chi connectivity index (χ2v) is 5.85. The standard InChI is InChI=1S/C16H17FN4O.ClH/c17-12-2-1-10-4-6-21(9-11(10)7-12)16(22)15-13-8-18-5-3-14(13)19-20-15;/h1-2,7,18H,3-6,8-9H2,(H,19,20);1H. The minimum absolute atomic E-state index is 0. The molecule has 0 aliphatic carbocycles. The Morgan fingerprint density at radius 3 is 3.00 bits per heavy atom. The molecule has 1 aromatic heterocycles. The van der Waals surface area contributed by atoms with Crippen LogP contribution in [0.4, 0.5) is 4.39 Å². The van der Waals surface area contributed by atoms with Crippen molar-refractivity contribution in [1.82, 2.24) is 20.4 Å². The number of aromatic amines is 1. The predicted octanol–water partition coefficient (Wildman–Crippen LogP) is 1.81. The van der Waals surface area contributed by atoms with Crippen LogP contribution in [-0.4, -0.2) is 34.1 Å². The van der Waals surface area contributed by atoms with E-state index in [4.69, 9.17) is 0 Å². The lowest BCUT2D eigenvalue weighted by Crippen LogP contribution is -2.37. The molecule has 1 aromatic carbocycles. The van der Waals surface area contributed by atoms with Gasteiger partial charge in [-0.1, -0.05) is 6.07 Å². The Balaban J connectivity index is 0.00000156. The van der Waals surface area contributed by atoms with Crippen LogP contribution in [0.15, 0.2) is 18.2 Å². The van der Waals surface area contributed by atoms with Crippen molar-refractivity contribution in [3.05, 3.63) is 52.1 Å². The number of hydrogen-bond donors (Lipinski definition) is 2. The summed E-state index contributed by atoms with van der Waals surface area (Å²) in [4.78, 5) is 14.5. The first kappa shape index (κ1) is 16.0. The van der Waals surface area contributed by atoms with Crippen molar-refractivity contribution in [2.24, 2.45) is 0 Å². The van der Waals surface area contributed by atoms with Crippen LogP contribution < -0.4 is 5.32 Å². The highest BCUT2D eigenvalue weighted by molar-refractivity contribution is 5.94. The first-order chi connectivity index (χ1) is 10.7. The summed E-state index contributed by atoms with van der Waals surface area (Å²) < 4.78 is 13.4. The molecule has 2 aromatic rings. The van der Waals surface area contributed by atoms with E-state index in [0.29, 0.717) is 25.3 Å². The summed E-state index contributed by atoms with van der Waals surface area (Å²) in [5.41, 5.74) is 4.53. The van der Waals surface area contributed by atoms with Crippen LogP contribution >= 0.6 is 12.4 Å². The zero-order valence-corrected chi connectivity index (χ0v) is 13.4. The molecule has 0 bridgehead atoms. The van der Waals surface area contributed by atoms with Gasteiger partial charge in [-0.25, -0.2) is 4.39 Å². The van der Waals surface area contributed by atoms with Gasteiger partial charge in [0.25, 0.3) is 5.91 Å². The first-order valence-electron chi connectivity index (χ1n) is 7.56. The van der Waals surface area contributed by atoms with Gasteiger partial charge in [-0.2, -0.15) is 5.10 Å². The van der Waals surface area contributed by atoms with Gasteiger partial charge < -0.3 is 10.2 Å². The van der Waals surface area contributed by atoms with Crippen molar-refractivity contribution in [3.63, 3.8) is 0 Å². The van der Waals surface area contributed by atoms with Crippen LogP contribution in [0.2, 0.25) is 0 Å². The van der Waals surface area contributed by atoms with Gasteiger partial charge in [0.15, 0.2) is 5.69 Å². The summed E-state index contributed by atoms with van der Waals surface area (Å²) in [5.74, 6) is -0.328. The van der Waals surface area contributed by atoms with E-state index in [2.05, 4.69) is 15.5 Å². The normalized spacial score (nSPS) is 16.3. The maximum Gasteiger partial charge on any atom is 0.275 e. The van der Waals surface area contributed by atoms with Crippen molar-refractivity contribution in [2.45, 2.75) is 25.9 Å². The average molecular weight is 337 g/mol. The monoisotopic (exact) mass is 336 g/mol. The van der Waals surface area contributed by atoms with E-state index in [1.54, 1.807) is 4.90 Å². The number of H-pyrrole nitrogens is 1. The molecule has 0 atom stereocenters. The van der Waals surface area contributed by atoms with Crippen molar-refractivity contribution >= 4 is 18.3 Å². The molecule has 0 fully saturated rings. The van der Waals surface area contributed by atoms with Gasteiger partial charge in [0.05, 0.1) is 0 Å². The molecule has 5 nitrogen and oxygen atoms in total. The van der Waals surface area contributed by atoms with Crippen molar-refractivity contribution in [1.29, 1.82) is 0 Å². The van der Waals surface area contributed by atoms with Crippen molar-refractivity contribution < 1.29 is 9.18 Å². The fourth-order valence-electron chi connectivity index (χ4n) is 3.25. The zero-order chi connectivity index (χ0) is 15.1. The van der Waals surface area contributed by atoms with Crippen LogP contribution in [0.1, 0.15) is 32.9 Å². The minimum Gasteiger partial charge on any atom is -0.333 e. The molecule has 0 saturated heterocycles. The molecule has 3 heterocycles. The van der Waals surface area contributed by atoms with Gasteiger partial charge in [-0.15, -0.1) is 12.4 Å². The number of halogens is 2. The summed E-state index contributed by atoms with van der Waals surface area (Å²) in [6.07, 6.45) is 1.62. The Hall–Kier alpha value is -1.92. The van der Waals surface area contributed by atoms with Crippen LogP contribution in [0, 0.1) is 5.82 Å². The van der Waals surface area contributed by atoms with Crippen LogP contribution in [-0.2, 0) is 25.9 Å². The molecule has 4 rings (SSSR count). The second-order valence-electron chi connectivity index (χ2n) is 5.85. The summed E-state index contributed by atoms with van der Waals surface area (Å²) in [6.45, 7) is 2.67. The molecule has 2 aliphatic heterocycles. The van der Waals surface area contributed by atoms with E-state index < -0.39 is 0 Å². The lowest BCUT2D eigenvalue weighted by atomic mass is 9.99. The van der Waals surface area contributed by atoms with E-state index in [1.807, 2.05) is 6.07 Å². The van der Waals surface area contributed by atoms with E-state index >= 15 is 0 Å². The van der Waals surface area contributed by atoms with Gasteiger partial charge in [-0.3, -0.25) is 9.89 Å². The molecule has 2 aliphatic rings. The molecule has 2 N–H and O–H groups in total. The Morgan fingerprint density at radius 2 is 2.13 bits per heavy atom. The third-order valence-corrected chi connectivity index (χ3v) is 4.48. The maximum atomic E-state index is 13.4. The number of rotatable bonds is 1. The number of amides is 1.